The first-order chi connectivity index (χ1) is 5.75. The SMILES string of the molecule is O=C(/C(O)=C\O)c1ccccc1. The Hall–Kier alpha value is -1.77. The van der Waals surface area contributed by atoms with Gasteiger partial charge in [-0.25, -0.2) is 0 Å². The van der Waals surface area contributed by atoms with Crippen molar-refractivity contribution in [3.63, 3.8) is 0 Å². The second-order valence-corrected chi connectivity index (χ2v) is 2.21. The lowest BCUT2D eigenvalue weighted by atomic mass is 10.1. The number of rotatable bonds is 2. The van der Waals surface area contributed by atoms with Gasteiger partial charge < -0.3 is 10.2 Å². The molecule has 0 aliphatic heterocycles. The normalized spacial score (nSPS) is 11.2. The van der Waals surface area contributed by atoms with E-state index in [9.17, 15) is 4.79 Å². The van der Waals surface area contributed by atoms with Crippen molar-refractivity contribution >= 4 is 5.78 Å². The molecule has 1 aromatic carbocycles. The Morgan fingerprint density at radius 1 is 1.25 bits per heavy atom. The van der Waals surface area contributed by atoms with E-state index < -0.39 is 11.5 Å². The lowest BCUT2D eigenvalue weighted by Crippen LogP contribution is -2.01. The fourth-order valence-corrected chi connectivity index (χ4v) is 0.796. The van der Waals surface area contributed by atoms with Gasteiger partial charge in [0.05, 0.1) is 0 Å². The molecule has 0 bridgehead atoms. The molecule has 0 fully saturated rings. The van der Waals surface area contributed by atoms with Gasteiger partial charge in [-0.15, -0.1) is 0 Å². The van der Waals surface area contributed by atoms with Gasteiger partial charge in [0, 0.05) is 5.56 Å². The fourth-order valence-electron chi connectivity index (χ4n) is 0.796. The van der Waals surface area contributed by atoms with Gasteiger partial charge >= 0.3 is 0 Å². The molecule has 0 radical (unpaired) electrons. The minimum absolute atomic E-state index is 0.348. The Balaban J connectivity index is 2.94. The van der Waals surface area contributed by atoms with Crippen LogP contribution in [0.2, 0.25) is 0 Å². The van der Waals surface area contributed by atoms with E-state index in [0.717, 1.165) is 0 Å². The van der Waals surface area contributed by atoms with Crippen molar-refractivity contribution < 1.29 is 15.0 Å². The Kier molecular flexibility index (Phi) is 2.48. The number of allylic oxidation sites excluding steroid dienone is 1. The number of aliphatic hydroxyl groups is 2. The zero-order valence-electron chi connectivity index (χ0n) is 6.27. The van der Waals surface area contributed by atoms with E-state index in [-0.39, 0.29) is 0 Å². The standard InChI is InChI=1S/C9H8O3/c10-6-8(11)9(12)7-4-2-1-3-5-7/h1-6,10-11H/b8-6+. The van der Waals surface area contributed by atoms with Crippen molar-refractivity contribution in [2.24, 2.45) is 0 Å². The molecule has 0 amide bonds. The van der Waals surface area contributed by atoms with Gasteiger partial charge in [-0.05, 0) is 0 Å². The molecule has 3 nitrogen and oxygen atoms in total. The molecule has 0 spiro atoms. The predicted molar refractivity (Wildman–Crippen MR) is 44.1 cm³/mol. The molecule has 0 aromatic heterocycles. The van der Waals surface area contributed by atoms with Gasteiger partial charge in [-0.1, -0.05) is 30.3 Å². The molecule has 0 saturated heterocycles. The minimum atomic E-state index is -0.652. The number of hydrogen-bond donors (Lipinski definition) is 2. The van der Waals surface area contributed by atoms with Crippen molar-refractivity contribution in [3.05, 3.63) is 47.9 Å². The summed E-state index contributed by atoms with van der Waals surface area (Å²) < 4.78 is 0. The summed E-state index contributed by atoms with van der Waals surface area (Å²) in [6.07, 6.45) is 0.384. The molecule has 0 aliphatic carbocycles. The average molecular weight is 164 g/mol. The van der Waals surface area contributed by atoms with Crippen molar-refractivity contribution in [2.45, 2.75) is 0 Å². The molecule has 0 saturated carbocycles. The average Bonchev–Trinajstić information content (AvgIpc) is 2.17. The smallest absolute Gasteiger partial charge is 0.230 e. The zero-order valence-corrected chi connectivity index (χ0v) is 6.27. The lowest BCUT2D eigenvalue weighted by molar-refractivity contribution is 0.0971. The van der Waals surface area contributed by atoms with E-state index in [4.69, 9.17) is 10.2 Å². The number of Topliss-reactive ketones (excluding diaryl/α,β-unsaturated/α-hetero) is 1. The molecule has 0 atom stereocenters. The minimum Gasteiger partial charge on any atom is -0.512 e. The van der Waals surface area contributed by atoms with Crippen molar-refractivity contribution in [2.75, 3.05) is 0 Å². The van der Waals surface area contributed by atoms with Crippen LogP contribution in [0.5, 0.6) is 0 Å². The van der Waals surface area contributed by atoms with E-state index in [1.165, 1.54) is 0 Å². The van der Waals surface area contributed by atoms with Gasteiger partial charge in [-0.2, -0.15) is 0 Å². The maximum absolute atomic E-state index is 11.1. The zero-order chi connectivity index (χ0) is 8.97. The highest BCUT2D eigenvalue weighted by Crippen LogP contribution is 2.04. The van der Waals surface area contributed by atoms with E-state index in [2.05, 4.69) is 0 Å². The summed E-state index contributed by atoms with van der Waals surface area (Å²) in [5.74, 6) is -1.24. The third-order valence-corrected chi connectivity index (χ3v) is 1.39. The fraction of sp³-hybridized carbons (Fsp3) is 0. The second kappa shape index (κ2) is 3.57. The predicted octanol–water partition coefficient (Wildman–Crippen LogP) is 1.83. The van der Waals surface area contributed by atoms with Crippen LogP contribution >= 0.6 is 0 Å². The van der Waals surface area contributed by atoms with Crippen LogP contribution in [0.3, 0.4) is 0 Å². The van der Waals surface area contributed by atoms with Gasteiger partial charge in [0.25, 0.3) is 0 Å². The molecule has 3 heteroatoms. The summed E-state index contributed by atoms with van der Waals surface area (Å²) in [7, 11) is 0. The molecule has 62 valence electrons. The highest BCUT2D eigenvalue weighted by atomic mass is 16.3. The summed E-state index contributed by atoms with van der Waals surface area (Å²) in [6, 6.07) is 8.23. The summed E-state index contributed by atoms with van der Waals surface area (Å²) in [5.41, 5.74) is 0.348. The van der Waals surface area contributed by atoms with Crippen LogP contribution < -0.4 is 0 Å². The van der Waals surface area contributed by atoms with Crippen LogP contribution in [0.15, 0.2) is 42.4 Å². The van der Waals surface area contributed by atoms with Gasteiger partial charge in [0.1, 0.15) is 6.26 Å². The van der Waals surface area contributed by atoms with Crippen molar-refractivity contribution in [3.8, 4) is 0 Å². The topological polar surface area (TPSA) is 57.5 Å². The quantitative estimate of drug-likeness (QED) is 0.398. The van der Waals surface area contributed by atoms with Crippen molar-refractivity contribution in [1.29, 1.82) is 0 Å². The number of aliphatic hydroxyl groups excluding tert-OH is 2. The highest BCUT2D eigenvalue weighted by molar-refractivity contribution is 6.06. The van der Waals surface area contributed by atoms with Gasteiger partial charge in [-0.3, -0.25) is 4.79 Å². The largest absolute Gasteiger partial charge is 0.512 e. The maximum atomic E-state index is 11.1. The summed E-state index contributed by atoms with van der Waals surface area (Å²) in [6.45, 7) is 0. The Morgan fingerprint density at radius 2 is 1.83 bits per heavy atom. The highest BCUT2D eigenvalue weighted by Gasteiger charge is 2.09. The number of ketones is 1. The Morgan fingerprint density at radius 3 is 2.33 bits per heavy atom. The first kappa shape index (κ1) is 8.33. The molecule has 1 rings (SSSR count). The molecular formula is C9H8O3. The first-order valence-electron chi connectivity index (χ1n) is 3.39. The van der Waals surface area contributed by atoms with Gasteiger partial charge in [0.2, 0.25) is 5.78 Å². The van der Waals surface area contributed by atoms with E-state index in [1.54, 1.807) is 30.3 Å². The number of carbonyl (C=O) groups is 1. The number of hydrogen-bond acceptors (Lipinski definition) is 3. The molecule has 12 heavy (non-hydrogen) atoms. The summed E-state index contributed by atoms with van der Waals surface area (Å²) in [4.78, 5) is 11.1. The number of carbonyl (C=O) groups excluding carboxylic acids is 1. The molecule has 0 heterocycles. The third kappa shape index (κ3) is 1.63. The Bertz CT molecular complexity index is 301. The van der Waals surface area contributed by atoms with E-state index in [0.29, 0.717) is 11.8 Å². The van der Waals surface area contributed by atoms with Crippen LogP contribution in [-0.2, 0) is 0 Å². The third-order valence-electron chi connectivity index (χ3n) is 1.39. The monoisotopic (exact) mass is 164 g/mol. The summed E-state index contributed by atoms with van der Waals surface area (Å²) in [5, 5.41) is 17.2. The van der Waals surface area contributed by atoms with Crippen LogP contribution in [-0.4, -0.2) is 16.0 Å². The van der Waals surface area contributed by atoms with Crippen LogP contribution in [0.4, 0.5) is 0 Å². The van der Waals surface area contributed by atoms with Crippen LogP contribution in [0.25, 0.3) is 0 Å². The summed E-state index contributed by atoms with van der Waals surface area (Å²) >= 11 is 0. The van der Waals surface area contributed by atoms with Crippen molar-refractivity contribution in [1.82, 2.24) is 0 Å². The molecule has 2 N–H and O–H groups in total. The molecule has 0 aliphatic rings. The van der Waals surface area contributed by atoms with Crippen LogP contribution in [0, 0.1) is 0 Å². The van der Waals surface area contributed by atoms with E-state index >= 15 is 0 Å². The van der Waals surface area contributed by atoms with Gasteiger partial charge in [0.15, 0.2) is 5.76 Å². The molecule has 1 aromatic rings. The second-order valence-electron chi connectivity index (χ2n) is 2.21. The van der Waals surface area contributed by atoms with Crippen LogP contribution in [0.1, 0.15) is 10.4 Å². The Labute approximate surface area is 69.6 Å². The first-order valence-corrected chi connectivity index (χ1v) is 3.39. The maximum Gasteiger partial charge on any atom is 0.230 e. The molecular weight excluding hydrogens is 156 g/mol. The number of benzene rings is 1. The molecule has 0 unspecified atom stereocenters. The van der Waals surface area contributed by atoms with E-state index in [1.807, 2.05) is 0 Å². The lowest BCUT2D eigenvalue weighted by Gasteiger charge is -1.96.